The van der Waals surface area contributed by atoms with Gasteiger partial charge in [-0.05, 0) is 30.1 Å². The molecule has 0 aliphatic carbocycles. The zero-order chi connectivity index (χ0) is 20.2. The van der Waals surface area contributed by atoms with Crippen molar-refractivity contribution in [1.29, 1.82) is 0 Å². The molecule has 0 atom stereocenters. The lowest BCUT2D eigenvalue weighted by molar-refractivity contribution is 0.0632. The molecule has 0 bridgehead atoms. The predicted octanol–water partition coefficient (Wildman–Crippen LogP) is 4.23. The van der Waals surface area contributed by atoms with E-state index in [0.29, 0.717) is 4.88 Å². The number of rotatable bonds is 6. The molecule has 2 aromatic heterocycles. The van der Waals surface area contributed by atoms with E-state index in [0.717, 1.165) is 72.5 Å². The molecule has 0 saturated carbocycles. The monoisotopic (exact) mass is 447 g/mol. The molecule has 1 fully saturated rings. The lowest BCUT2D eigenvalue weighted by Crippen LogP contribution is -2.48. The molecule has 3 heterocycles. The highest BCUT2D eigenvalue weighted by Crippen LogP contribution is 2.24. The van der Waals surface area contributed by atoms with Crippen LogP contribution in [0.3, 0.4) is 0 Å². The minimum atomic E-state index is 0.0716. The summed E-state index contributed by atoms with van der Waals surface area (Å²) in [6, 6.07) is 7.76. The van der Waals surface area contributed by atoms with Gasteiger partial charge in [0.05, 0.1) is 17.9 Å². The zero-order valence-corrected chi connectivity index (χ0v) is 18.6. The molecule has 0 N–H and O–H groups in total. The first-order valence-electron chi connectivity index (χ1n) is 9.67. The van der Waals surface area contributed by atoms with Gasteiger partial charge in [-0.2, -0.15) is 0 Å². The number of aromatic nitrogens is 3. The molecule has 152 valence electrons. The van der Waals surface area contributed by atoms with Crippen LogP contribution in [0.1, 0.15) is 33.7 Å². The fraction of sp³-hybridized carbons (Fsp3) is 0.400. The van der Waals surface area contributed by atoms with Gasteiger partial charge < -0.3 is 4.90 Å². The zero-order valence-electron chi connectivity index (χ0n) is 16.2. The summed E-state index contributed by atoms with van der Waals surface area (Å²) in [4.78, 5) is 22.6. The number of amides is 1. The SMILES string of the molecule is CCCc1nnsc1C(=O)N1CCN(Cc2nc(-c3ccc(Cl)cc3)cs2)CC1. The minimum absolute atomic E-state index is 0.0716. The lowest BCUT2D eigenvalue weighted by Gasteiger charge is -2.34. The van der Waals surface area contributed by atoms with Gasteiger partial charge in [0.15, 0.2) is 0 Å². The molecule has 1 saturated heterocycles. The van der Waals surface area contributed by atoms with E-state index >= 15 is 0 Å². The van der Waals surface area contributed by atoms with E-state index in [2.05, 4.69) is 26.8 Å². The quantitative estimate of drug-likeness (QED) is 0.566. The molecule has 0 unspecified atom stereocenters. The van der Waals surface area contributed by atoms with Crippen molar-refractivity contribution >= 4 is 40.4 Å². The van der Waals surface area contributed by atoms with Crippen LogP contribution in [0.25, 0.3) is 11.3 Å². The second kappa shape index (κ2) is 9.30. The summed E-state index contributed by atoms with van der Waals surface area (Å²) >= 11 is 8.85. The van der Waals surface area contributed by atoms with Crippen molar-refractivity contribution < 1.29 is 4.79 Å². The Bertz CT molecular complexity index is 963. The molecular formula is C20H22ClN5OS2. The normalized spacial score (nSPS) is 15.0. The van der Waals surface area contributed by atoms with Gasteiger partial charge in [0.25, 0.3) is 5.91 Å². The molecule has 1 aromatic carbocycles. The molecule has 3 aromatic rings. The van der Waals surface area contributed by atoms with Crippen molar-refractivity contribution in [3.63, 3.8) is 0 Å². The Balaban J connectivity index is 1.33. The Morgan fingerprint density at radius 2 is 1.93 bits per heavy atom. The number of carbonyl (C=O) groups excluding carboxylic acids is 1. The van der Waals surface area contributed by atoms with Gasteiger partial charge >= 0.3 is 0 Å². The fourth-order valence-electron chi connectivity index (χ4n) is 3.35. The van der Waals surface area contributed by atoms with E-state index in [1.54, 1.807) is 11.3 Å². The first kappa shape index (κ1) is 20.4. The summed E-state index contributed by atoms with van der Waals surface area (Å²) in [5.41, 5.74) is 2.90. The molecular weight excluding hydrogens is 426 g/mol. The second-order valence-electron chi connectivity index (χ2n) is 7.00. The number of hydrogen-bond acceptors (Lipinski definition) is 7. The van der Waals surface area contributed by atoms with Crippen LogP contribution >= 0.6 is 34.5 Å². The van der Waals surface area contributed by atoms with Crippen LogP contribution in [0, 0.1) is 0 Å². The first-order valence-corrected chi connectivity index (χ1v) is 11.7. The van der Waals surface area contributed by atoms with E-state index in [9.17, 15) is 4.79 Å². The number of benzene rings is 1. The Morgan fingerprint density at radius 1 is 1.17 bits per heavy atom. The standard InChI is InChI=1S/C20H22ClN5OS2/c1-2-3-16-19(29-24-23-16)20(27)26-10-8-25(9-11-26)12-18-22-17(13-28-18)14-4-6-15(21)7-5-14/h4-7,13H,2-3,8-12H2,1H3. The highest BCUT2D eigenvalue weighted by atomic mass is 35.5. The maximum atomic E-state index is 12.8. The molecule has 0 spiro atoms. The maximum absolute atomic E-state index is 12.8. The third-order valence-electron chi connectivity index (χ3n) is 4.95. The Labute approximate surface area is 183 Å². The summed E-state index contributed by atoms with van der Waals surface area (Å²) in [5, 5.41) is 8.03. The number of aryl methyl sites for hydroxylation is 1. The van der Waals surface area contributed by atoms with Crippen molar-refractivity contribution in [2.24, 2.45) is 0 Å². The average Bonchev–Trinajstić information content (AvgIpc) is 3.39. The molecule has 6 nitrogen and oxygen atoms in total. The Hall–Kier alpha value is -1.87. The highest BCUT2D eigenvalue weighted by molar-refractivity contribution is 7.10. The average molecular weight is 448 g/mol. The smallest absolute Gasteiger partial charge is 0.267 e. The number of hydrogen-bond donors (Lipinski definition) is 0. The van der Waals surface area contributed by atoms with E-state index in [-0.39, 0.29) is 5.91 Å². The molecule has 1 aliphatic heterocycles. The Morgan fingerprint density at radius 3 is 2.66 bits per heavy atom. The van der Waals surface area contributed by atoms with Gasteiger partial charge in [-0.25, -0.2) is 4.98 Å². The van der Waals surface area contributed by atoms with Crippen LogP contribution < -0.4 is 0 Å². The van der Waals surface area contributed by atoms with Crippen LogP contribution in [-0.2, 0) is 13.0 Å². The number of carbonyl (C=O) groups is 1. The summed E-state index contributed by atoms with van der Waals surface area (Å²) in [7, 11) is 0. The molecule has 1 aliphatic rings. The molecule has 4 rings (SSSR count). The van der Waals surface area contributed by atoms with Crippen LogP contribution in [0.2, 0.25) is 5.02 Å². The highest BCUT2D eigenvalue weighted by Gasteiger charge is 2.26. The molecule has 29 heavy (non-hydrogen) atoms. The molecule has 1 amide bonds. The molecule has 9 heteroatoms. The van der Waals surface area contributed by atoms with Crippen molar-refractivity contribution in [2.75, 3.05) is 26.2 Å². The minimum Gasteiger partial charge on any atom is -0.335 e. The largest absolute Gasteiger partial charge is 0.335 e. The van der Waals surface area contributed by atoms with Gasteiger partial charge in [0, 0.05) is 42.1 Å². The van der Waals surface area contributed by atoms with Gasteiger partial charge in [-0.15, -0.1) is 16.4 Å². The fourth-order valence-corrected chi connectivity index (χ4v) is 5.00. The van der Waals surface area contributed by atoms with Gasteiger partial charge in [0.2, 0.25) is 0 Å². The van der Waals surface area contributed by atoms with Crippen LogP contribution in [0.5, 0.6) is 0 Å². The van der Waals surface area contributed by atoms with Crippen LogP contribution in [-0.4, -0.2) is 56.5 Å². The molecule has 0 radical (unpaired) electrons. The second-order valence-corrected chi connectivity index (χ2v) is 9.13. The first-order chi connectivity index (χ1) is 14.1. The number of piperazine rings is 1. The van der Waals surface area contributed by atoms with E-state index in [1.807, 2.05) is 29.2 Å². The van der Waals surface area contributed by atoms with Crippen molar-refractivity contribution in [3.05, 3.63) is 50.2 Å². The number of thiazole rings is 1. The van der Waals surface area contributed by atoms with E-state index in [1.165, 1.54) is 11.5 Å². The van der Waals surface area contributed by atoms with Crippen molar-refractivity contribution in [3.8, 4) is 11.3 Å². The lowest BCUT2D eigenvalue weighted by atomic mass is 10.2. The van der Waals surface area contributed by atoms with Gasteiger partial charge in [0.1, 0.15) is 9.88 Å². The van der Waals surface area contributed by atoms with Crippen molar-refractivity contribution in [1.82, 2.24) is 24.4 Å². The predicted molar refractivity (Wildman–Crippen MR) is 118 cm³/mol. The Kier molecular flexibility index (Phi) is 6.54. The van der Waals surface area contributed by atoms with Gasteiger partial charge in [-0.3, -0.25) is 9.69 Å². The number of halogens is 1. The summed E-state index contributed by atoms with van der Waals surface area (Å²) in [5.74, 6) is 0.0716. The number of nitrogens with zero attached hydrogens (tertiary/aromatic N) is 5. The van der Waals surface area contributed by atoms with E-state index < -0.39 is 0 Å². The third kappa shape index (κ3) is 4.83. The van der Waals surface area contributed by atoms with E-state index in [4.69, 9.17) is 16.6 Å². The summed E-state index contributed by atoms with van der Waals surface area (Å²) in [6.07, 6.45) is 1.77. The maximum Gasteiger partial charge on any atom is 0.267 e. The summed E-state index contributed by atoms with van der Waals surface area (Å²) in [6.45, 7) is 6.02. The van der Waals surface area contributed by atoms with Crippen LogP contribution in [0.4, 0.5) is 0 Å². The summed E-state index contributed by atoms with van der Waals surface area (Å²) < 4.78 is 3.98. The van der Waals surface area contributed by atoms with Crippen molar-refractivity contribution in [2.45, 2.75) is 26.3 Å². The third-order valence-corrected chi connectivity index (χ3v) is 6.79. The van der Waals surface area contributed by atoms with Gasteiger partial charge in [-0.1, -0.05) is 41.6 Å². The topological polar surface area (TPSA) is 62.2 Å². The van der Waals surface area contributed by atoms with Crippen LogP contribution in [0.15, 0.2) is 29.6 Å².